The molecule has 0 aliphatic heterocycles. The van der Waals surface area contributed by atoms with E-state index in [4.69, 9.17) is 22.3 Å². The first kappa shape index (κ1) is 14.9. The number of fused-ring (bicyclic) bond motifs is 1. The fourth-order valence-corrected chi connectivity index (χ4v) is 3.89. The van der Waals surface area contributed by atoms with E-state index in [-0.39, 0.29) is 5.54 Å². The lowest BCUT2D eigenvalue weighted by atomic mass is 9.76. The van der Waals surface area contributed by atoms with Crippen molar-refractivity contribution in [3.63, 3.8) is 0 Å². The molecule has 4 heteroatoms. The maximum absolute atomic E-state index is 6.79. The van der Waals surface area contributed by atoms with Crippen molar-refractivity contribution in [2.45, 2.75) is 58.0 Å². The number of aromatic nitrogens is 2. The Kier molecular flexibility index (Phi) is 3.98. The highest BCUT2D eigenvalue weighted by atomic mass is 35.5. The summed E-state index contributed by atoms with van der Waals surface area (Å²) in [4.78, 5) is 4.88. The highest BCUT2D eigenvalue weighted by Crippen LogP contribution is 2.38. The Bertz CT molecular complexity index is 649. The fraction of sp³-hybridized carbons (Fsp3) is 0.588. The maximum Gasteiger partial charge on any atom is 0.130 e. The van der Waals surface area contributed by atoms with Crippen LogP contribution in [0.5, 0.6) is 0 Å². The average Bonchev–Trinajstić information content (AvgIpc) is 2.78. The number of hydrogen-bond acceptors (Lipinski definition) is 2. The van der Waals surface area contributed by atoms with Crippen LogP contribution in [-0.4, -0.2) is 9.55 Å². The van der Waals surface area contributed by atoms with E-state index < -0.39 is 0 Å². The standard InChI is InChI=1S/C17H24ClN3/c1-3-9-21-15-10-13(18)6-7-14(15)20-16(21)17(19)8-4-5-12(2)11-17/h6-7,10,12H,3-5,8-9,11,19H2,1-2H3. The van der Waals surface area contributed by atoms with Gasteiger partial charge in [-0.15, -0.1) is 0 Å². The number of rotatable bonds is 3. The van der Waals surface area contributed by atoms with Crippen LogP contribution in [0.15, 0.2) is 18.2 Å². The normalized spacial score (nSPS) is 26.4. The van der Waals surface area contributed by atoms with E-state index in [1.807, 2.05) is 18.2 Å². The molecular weight excluding hydrogens is 282 g/mol. The van der Waals surface area contributed by atoms with Crippen molar-refractivity contribution in [1.29, 1.82) is 0 Å². The maximum atomic E-state index is 6.79. The molecule has 1 aliphatic rings. The predicted octanol–water partition coefficient (Wildman–Crippen LogP) is 4.46. The third-order valence-corrected chi connectivity index (χ3v) is 4.87. The van der Waals surface area contributed by atoms with Crippen LogP contribution >= 0.6 is 11.6 Å². The lowest BCUT2D eigenvalue weighted by Crippen LogP contribution is -2.43. The van der Waals surface area contributed by atoms with Crippen molar-refractivity contribution in [1.82, 2.24) is 9.55 Å². The predicted molar refractivity (Wildman–Crippen MR) is 88.5 cm³/mol. The summed E-state index contributed by atoms with van der Waals surface area (Å²) >= 11 is 6.17. The first-order valence-electron chi connectivity index (χ1n) is 7.98. The summed E-state index contributed by atoms with van der Waals surface area (Å²) in [5, 5.41) is 0.759. The molecular formula is C17H24ClN3. The summed E-state index contributed by atoms with van der Waals surface area (Å²) in [7, 11) is 0. The molecule has 114 valence electrons. The molecule has 2 unspecified atom stereocenters. The SMILES string of the molecule is CCCn1c(C2(N)CCCC(C)C2)nc2ccc(Cl)cc21. The molecule has 3 rings (SSSR count). The van der Waals surface area contributed by atoms with Crippen LogP contribution in [0.25, 0.3) is 11.0 Å². The van der Waals surface area contributed by atoms with Crippen LogP contribution in [-0.2, 0) is 12.1 Å². The molecule has 0 radical (unpaired) electrons. The Morgan fingerprint density at radius 1 is 1.48 bits per heavy atom. The minimum Gasteiger partial charge on any atom is -0.326 e. The van der Waals surface area contributed by atoms with Gasteiger partial charge in [-0.05, 0) is 43.4 Å². The minimum absolute atomic E-state index is 0.293. The number of nitrogens with zero attached hydrogens (tertiary/aromatic N) is 2. The van der Waals surface area contributed by atoms with Crippen LogP contribution in [0.1, 0.15) is 51.8 Å². The first-order chi connectivity index (χ1) is 10.0. The van der Waals surface area contributed by atoms with Gasteiger partial charge in [0, 0.05) is 11.6 Å². The summed E-state index contributed by atoms with van der Waals surface area (Å²) in [6, 6.07) is 5.92. The lowest BCUT2D eigenvalue weighted by molar-refractivity contribution is 0.222. The quantitative estimate of drug-likeness (QED) is 0.909. The number of nitrogens with two attached hydrogens (primary N) is 1. The van der Waals surface area contributed by atoms with E-state index >= 15 is 0 Å². The smallest absolute Gasteiger partial charge is 0.130 e. The highest BCUT2D eigenvalue weighted by molar-refractivity contribution is 6.31. The van der Waals surface area contributed by atoms with Gasteiger partial charge in [-0.2, -0.15) is 0 Å². The van der Waals surface area contributed by atoms with Gasteiger partial charge in [-0.3, -0.25) is 0 Å². The van der Waals surface area contributed by atoms with Crippen LogP contribution in [0, 0.1) is 5.92 Å². The van der Waals surface area contributed by atoms with Crippen molar-refractivity contribution < 1.29 is 0 Å². The molecule has 1 aromatic carbocycles. The van der Waals surface area contributed by atoms with Gasteiger partial charge in [0.15, 0.2) is 0 Å². The average molecular weight is 306 g/mol. The van der Waals surface area contributed by atoms with Crippen LogP contribution < -0.4 is 5.73 Å². The molecule has 2 atom stereocenters. The van der Waals surface area contributed by atoms with E-state index in [1.54, 1.807) is 0 Å². The number of halogens is 1. The Hall–Kier alpha value is -1.06. The zero-order valence-electron chi connectivity index (χ0n) is 12.9. The Labute approximate surface area is 131 Å². The third kappa shape index (κ3) is 2.69. The molecule has 21 heavy (non-hydrogen) atoms. The summed E-state index contributed by atoms with van der Waals surface area (Å²) in [5.41, 5.74) is 8.61. The van der Waals surface area contributed by atoms with Crippen molar-refractivity contribution in [2.24, 2.45) is 11.7 Å². The van der Waals surface area contributed by atoms with E-state index in [0.717, 1.165) is 47.7 Å². The second-order valence-corrected chi connectivity index (χ2v) is 7.01. The largest absolute Gasteiger partial charge is 0.326 e. The fourth-order valence-electron chi connectivity index (χ4n) is 3.72. The molecule has 1 aromatic heterocycles. The van der Waals surface area contributed by atoms with Gasteiger partial charge >= 0.3 is 0 Å². The summed E-state index contributed by atoms with van der Waals surface area (Å²) in [6.07, 6.45) is 5.58. The van der Waals surface area contributed by atoms with E-state index in [2.05, 4.69) is 18.4 Å². The van der Waals surface area contributed by atoms with Gasteiger partial charge in [0.05, 0.1) is 16.6 Å². The molecule has 1 heterocycles. The topological polar surface area (TPSA) is 43.8 Å². The van der Waals surface area contributed by atoms with Crippen molar-refractivity contribution in [2.75, 3.05) is 0 Å². The van der Waals surface area contributed by atoms with Crippen LogP contribution in [0.4, 0.5) is 0 Å². The van der Waals surface area contributed by atoms with Gasteiger partial charge in [-0.25, -0.2) is 4.98 Å². The van der Waals surface area contributed by atoms with Gasteiger partial charge < -0.3 is 10.3 Å². The monoisotopic (exact) mass is 305 g/mol. The second-order valence-electron chi connectivity index (χ2n) is 6.58. The first-order valence-corrected chi connectivity index (χ1v) is 8.36. The molecule has 0 bridgehead atoms. The van der Waals surface area contributed by atoms with Crippen molar-refractivity contribution >= 4 is 22.6 Å². The molecule has 0 spiro atoms. The summed E-state index contributed by atoms with van der Waals surface area (Å²) < 4.78 is 2.29. The van der Waals surface area contributed by atoms with E-state index in [1.165, 1.54) is 12.8 Å². The Balaban J connectivity index is 2.14. The van der Waals surface area contributed by atoms with Crippen molar-refractivity contribution in [3.05, 3.63) is 29.0 Å². The van der Waals surface area contributed by atoms with Gasteiger partial charge in [-0.1, -0.05) is 38.3 Å². The molecule has 3 nitrogen and oxygen atoms in total. The molecule has 1 fully saturated rings. The Morgan fingerprint density at radius 2 is 2.29 bits per heavy atom. The van der Waals surface area contributed by atoms with Gasteiger partial charge in [0.1, 0.15) is 5.82 Å². The zero-order valence-corrected chi connectivity index (χ0v) is 13.7. The highest BCUT2D eigenvalue weighted by Gasteiger charge is 2.37. The molecule has 1 aliphatic carbocycles. The molecule has 2 N–H and O–H groups in total. The number of benzene rings is 1. The van der Waals surface area contributed by atoms with Crippen molar-refractivity contribution in [3.8, 4) is 0 Å². The van der Waals surface area contributed by atoms with Gasteiger partial charge in [0.2, 0.25) is 0 Å². The molecule has 1 saturated carbocycles. The molecule has 0 amide bonds. The number of aryl methyl sites for hydroxylation is 1. The van der Waals surface area contributed by atoms with Crippen LogP contribution in [0.2, 0.25) is 5.02 Å². The number of imidazole rings is 1. The minimum atomic E-state index is -0.293. The van der Waals surface area contributed by atoms with Gasteiger partial charge in [0.25, 0.3) is 0 Å². The zero-order chi connectivity index (χ0) is 15.0. The lowest BCUT2D eigenvalue weighted by Gasteiger charge is -2.36. The van der Waals surface area contributed by atoms with E-state index in [9.17, 15) is 0 Å². The Morgan fingerprint density at radius 3 is 3.00 bits per heavy atom. The molecule has 2 aromatic rings. The summed E-state index contributed by atoms with van der Waals surface area (Å²) in [5.74, 6) is 1.72. The molecule has 0 saturated heterocycles. The van der Waals surface area contributed by atoms with E-state index in [0.29, 0.717) is 5.92 Å². The summed E-state index contributed by atoms with van der Waals surface area (Å²) in [6.45, 7) is 5.43. The third-order valence-electron chi connectivity index (χ3n) is 4.64. The second kappa shape index (κ2) is 5.62. The number of hydrogen-bond donors (Lipinski definition) is 1. The van der Waals surface area contributed by atoms with Crippen LogP contribution in [0.3, 0.4) is 0 Å².